The molecule has 2 amide bonds. The van der Waals surface area contributed by atoms with Crippen molar-refractivity contribution in [2.24, 2.45) is 11.8 Å². The van der Waals surface area contributed by atoms with E-state index in [1.54, 1.807) is 6.08 Å². The van der Waals surface area contributed by atoms with Crippen LogP contribution < -0.4 is 10.6 Å². The number of carbonyl (C=O) groups excluding carboxylic acids is 2. The highest BCUT2D eigenvalue weighted by Crippen LogP contribution is 2.29. The number of rotatable bonds is 6. The molecule has 3 unspecified atom stereocenters. The van der Waals surface area contributed by atoms with E-state index in [4.69, 9.17) is 0 Å². The summed E-state index contributed by atoms with van der Waals surface area (Å²) >= 11 is 0. The summed E-state index contributed by atoms with van der Waals surface area (Å²) in [5, 5.41) is 5.74. The molecule has 0 spiro atoms. The lowest BCUT2D eigenvalue weighted by molar-refractivity contribution is -0.127. The third-order valence-corrected chi connectivity index (χ3v) is 4.08. The average Bonchev–Trinajstić information content (AvgIpc) is 2.39. The Balaban J connectivity index is 2.26. The normalized spacial score (nSPS) is 26.5. The summed E-state index contributed by atoms with van der Waals surface area (Å²) < 4.78 is 0. The molecule has 4 nitrogen and oxygen atoms in total. The Morgan fingerprint density at radius 3 is 2.58 bits per heavy atom. The summed E-state index contributed by atoms with van der Waals surface area (Å²) in [6.07, 6.45) is 5.62. The maximum Gasteiger partial charge on any atom is 0.220 e. The number of nitrogens with one attached hydrogen (secondary N) is 2. The van der Waals surface area contributed by atoms with Crippen LogP contribution in [0.4, 0.5) is 0 Å². The summed E-state index contributed by atoms with van der Waals surface area (Å²) in [6, 6.07) is 0.271. The van der Waals surface area contributed by atoms with Gasteiger partial charge in [0, 0.05) is 25.4 Å². The van der Waals surface area contributed by atoms with Crippen LogP contribution in [0, 0.1) is 11.8 Å². The number of hydrogen-bond donors (Lipinski definition) is 2. The van der Waals surface area contributed by atoms with Gasteiger partial charge in [-0.2, -0.15) is 0 Å². The number of hydrogen-bond acceptors (Lipinski definition) is 2. The van der Waals surface area contributed by atoms with Gasteiger partial charge in [-0.3, -0.25) is 9.59 Å². The third kappa shape index (κ3) is 5.45. The van der Waals surface area contributed by atoms with Crippen LogP contribution in [0.15, 0.2) is 12.7 Å². The van der Waals surface area contributed by atoms with Crippen LogP contribution in [0.5, 0.6) is 0 Å². The van der Waals surface area contributed by atoms with Crippen molar-refractivity contribution in [1.82, 2.24) is 10.6 Å². The second kappa shape index (κ2) is 7.97. The molecule has 0 aromatic heterocycles. The van der Waals surface area contributed by atoms with E-state index in [2.05, 4.69) is 31.1 Å². The van der Waals surface area contributed by atoms with Crippen LogP contribution in [0.2, 0.25) is 0 Å². The Hall–Kier alpha value is -1.32. The monoisotopic (exact) mass is 266 g/mol. The molecule has 1 aliphatic carbocycles. The maximum atomic E-state index is 11.8. The predicted octanol–water partition coefficient (Wildman–Crippen LogP) is 2.01. The average molecular weight is 266 g/mol. The maximum absolute atomic E-state index is 11.8. The number of carbonyl (C=O) groups is 2. The van der Waals surface area contributed by atoms with Crippen molar-refractivity contribution < 1.29 is 9.59 Å². The van der Waals surface area contributed by atoms with Crippen LogP contribution in [0.3, 0.4) is 0 Å². The molecule has 3 atom stereocenters. The van der Waals surface area contributed by atoms with E-state index in [1.807, 2.05) is 0 Å². The van der Waals surface area contributed by atoms with Gasteiger partial charge in [-0.1, -0.05) is 32.8 Å². The fourth-order valence-corrected chi connectivity index (χ4v) is 2.57. The van der Waals surface area contributed by atoms with Crippen LogP contribution in [0.1, 0.15) is 46.0 Å². The standard InChI is InChI=1S/C15H26N2O2/c1-4-10-16-14(18)8-9-15(19)17-13-7-5-6-11(2)12(13)3/h4,11-13H,1,5-10H2,2-3H3,(H,16,18)(H,17,19). The Bertz CT molecular complexity index is 328. The molecular formula is C15H26N2O2. The van der Waals surface area contributed by atoms with Crippen LogP contribution >= 0.6 is 0 Å². The van der Waals surface area contributed by atoms with E-state index in [0.717, 1.165) is 6.42 Å². The second-order valence-electron chi connectivity index (χ2n) is 5.53. The minimum atomic E-state index is -0.0971. The molecule has 0 bridgehead atoms. The van der Waals surface area contributed by atoms with Crippen molar-refractivity contribution in [3.8, 4) is 0 Å². The lowest BCUT2D eigenvalue weighted by Crippen LogP contribution is -2.43. The summed E-state index contributed by atoms with van der Waals surface area (Å²) in [4.78, 5) is 23.2. The zero-order chi connectivity index (χ0) is 14.3. The first-order chi connectivity index (χ1) is 9.04. The van der Waals surface area contributed by atoms with Gasteiger partial charge < -0.3 is 10.6 Å². The van der Waals surface area contributed by atoms with Gasteiger partial charge in [-0.15, -0.1) is 6.58 Å². The molecule has 0 aliphatic heterocycles. The largest absolute Gasteiger partial charge is 0.353 e. The summed E-state index contributed by atoms with van der Waals surface area (Å²) in [5.41, 5.74) is 0. The lowest BCUT2D eigenvalue weighted by atomic mass is 9.78. The minimum absolute atomic E-state index is 0.0142. The van der Waals surface area contributed by atoms with Crippen LogP contribution in [-0.4, -0.2) is 24.4 Å². The molecule has 19 heavy (non-hydrogen) atoms. The van der Waals surface area contributed by atoms with E-state index < -0.39 is 0 Å². The summed E-state index contributed by atoms with van der Waals surface area (Å²) in [7, 11) is 0. The van der Waals surface area contributed by atoms with Crippen molar-refractivity contribution in [1.29, 1.82) is 0 Å². The topological polar surface area (TPSA) is 58.2 Å². The molecule has 1 fully saturated rings. The first-order valence-corrected chi connectivity index (χ1v) is 7.21. The van der Waals surface area contributed by atoms with Crippen molar-refractivity contribution in [2.45, 2.75) is 52.0 Å². The van der Waals surface area contributed by atoms with Gasteiger partial charge in [-0.05, 0) is 18.3 Å². The molecule has 1 saturated carbocycles. The highest BCUT2D eigenvalue weighted by atomic mass is 16.2. The number of amides is 2. The molecule has 0 saturated heterocycles. The van der Waals surface area contributed by atoms with Gasteiger partial charge in [0.25, 0.3) is 0 Å². The minimum Gasteiger partial charge on any atom is -0.353 e. The van der Waals surface area contributed by atoms with Gasteiger partial charge in [0.05, 0.1) is 0 Å². The lowest BCUT2D eigenvalue weighted by Gasteiger charge is -2.34. The fraction of sp³-hybridized carbons (Fsp3) is 0.733. The Kier molecular flexibility index (Phi) is 6.60. The molecule has 2 N–H and O–H groups in total. The second-order valence-corrected chi connectivity index (χ2v) is 5.53. The Morgan fingerprint density at radius 2 is 1.89 bits per heavy atom. The van der Waals surface area contributed by atoms with E-state index in [-0.39, 0.29) is 30.7 Å². The van der Waals surface area contributed by atoms with Crippen LogP contribution in [-0.2, 0) is 9.59 Å². The van der Waals surface area contributed by atoms with Gasteiger partial charge in [0.15, 0.2) is 0 Å². The Labute approximate surface area is 116 Å². The molecule has 1 aliphatic rings. The molecule has 0 radical (unpaired) electrons. The fourth-order valence-electron chi connectivity index (χ4n) is 2.57. The summed E-state index contributed by atoms with van der Waals surface area (Å²) in [5.74, 6) is 1.07. The molecule has 0 aromatic carbocycles. The van der Waals surface area contributed by atoms with E-state index in [9.17, 15) is 9.59 Å². The van der Waals surface area contributed by atoms with Crippen LogP contribution in [0.25, 0.3) is 0 Å². The predicted molar refractivity (Wildman–Crippen MR) is 76.6 cm³/mol. The van der Waals surface area contributed by atoms with Gasteiger partial charge in [0.2, 0.25) is 11.8 Å². The zero-order valence-corrected chi connectivity index (χ0v) is 12.1. The van der Waals surface area contributed by atoms with Crippen molar-refractivity contribution >= 4 is 11.8 Å². The highest BCUT2D eigenvalue weighted by Gasteiger charge is 2.27. The molecule has 0 aromatic rings. The Morgan fingerprint density at radius 1 is 1.21 bits per heavy atom. The smallest absolute Gasteiger partial charge is 0.220 e. The van der Waals surface area contributed by atoms with Gasteiger partial charge in [0.1, 0.15) is 0 Å². The SMILES string of the molecule is C=CCNC(=O)CCC(=O)NC1CCCC(C)C1C. The quantitative estimate of drug-likeness (QED) is 0.723. The molecular weight excluding hydrogens is 240 g/mol. The van der Waals surface area contributed by atoms with Gasteiger partial charge >= 0.3 is 0 Å². The third-order valence-electron chi connectivity index (χ3n) is 4.08. The molecule has 1 rings (SSSR count). The first-order valence-electron chi connectivity index (χ1n) is 7.21. The van der Waals surface area contributed by atoms with Crippen molar-refractivity contribution in [3.05, 3.63) is 12.7 Å². The zero-order valence-electron chi connectivity index (χ0n) is 12.1. The van der Waals surface area contributed by atoms with E-state index in [0.29, 0.717) is 18.4 Å². The molecule has 4 heteroatoms. The van der Waals surface area contributed by atoms with Crippen molar-refractivity contribution in [3.63, 3.8) is 0 Å². The molecule has 108 valence electrons. The van der Waals surface area contributed by atoms with Crippen molar-refractivity contribution in [2.75, 3.05) is 6.54 Å². The highest BCUT2D eigenvalue weighted by molar-refractivity contribution is 5.83. The first kappa shape index (κ1) is 15.7. The van der Waals surface area contributed by atoms with E-state index >= 15 is 0 Å². The van der Waals surface area contributed by atoms with E-state index in [1.165, 1.54) is 12.8 Å². The molecule has 0 heterocycles. The van der Waals surface area contributed by atoms with Gasteiger partial charge in [-0.25, -0.2) is 0 Å². The summed E-state index contributed by atoms with van der Waals surface area (Å²) in [6.45, 7) is 8.42.